The molecular weight excluding hydrogens is 282 g/mol. The lowest BCUT2D eigenvalue weighted by Gasteiger charge is -2.28. The minimum Gasteiger partial charge on any atom is -0.481 e. The van der Waals surface area contributed by atoms with Crippen LogP contribution in [0.15, 0.2) is 0 Å². The third kappa shape index (κ3) is 4.50. The summed E-state index contributed by atoms with van der Waals surface area (Å²) in [6.45, 7) is 0.0865. The summed E-state index contributed by atoms with van der Waals surface area (Å²) in [6.07, 6.45) is 0.429. The molecule has 118 valence electrons. The topological polar surface area (TPSA) is 150 Å². The van der Waals surface area contributed by atoms with Crippen LogP contribution in [-0.2, 0) is 19.2 Å². The molecule has 0 saturated carbocycles. The second kappa shape index (κ2) is 7.70. The molecule has 0 aromatic heterocycles. The monoisotopic (exact) mass is 301 g/mol. The van der Waals surface area contributed by atoms with E-state index in [2.05, 4.69) is 5.32 Å². The predicted octanol–water partition coefficient (Wildman–Crippen LogP) is -1.63. The van der Waals surface area contributed by atoms with Gasteiger partial charge in [0.25, 0.3) is 0 Å². The van der Waals surface area contributed by atoms with Crippen LogP contribution in [0, 0.1) is 0 Å². The molecule has 5 N–H and O–H groups in total. The van der Waals surface area contributed by atoms with Crippen molar-refractivity contribution in [1.82, 2.24) is 10.2 Å². The summed E-state index contributed by atoms with van der Waals surface area (Å²) in [4.78, 5) is 46.6. The molecule has 1 rings (SSSR count). The third-order valence-electron chi connectivity index (χ3n) is 3.27. The summed E-state index contributed by atoms with van der Waals surface area (Å²) in [7, 11) is 0. The molecule has 21 heavy (non-hydrogen) atoms. The van der Waals surface area contributed by atoms with Crippen molar-refractivity contribution in [2.75, 3.05) is 13.1 Å². The van der Waals surface area contributed by atoms with Gasteiger partial charge < -0.3 is 21.3 Å². The van der Waals surface area contributed by atoms with E-state index in [1.165, 1.54) is 0 Å². The third-order valence-corrected chi connectivity index (χ3v) is 3.27. The molecule has 1 fully saturated rings. The normalized spacial score (nSPS) is 19.0. The van der Waals surface area contributed by atoms with Gasteiger partial charge in [-0.1, -0.05) is 0 Å². The fraction of sp³-hybridized carbons (Fsp3) is 0.667. The van der Waals surface area contributed by atoms with Crippen LogP contribution in [0.2, 0.25) is 0 Å². The smallest absolute Gasteiger partial charge is 0.326 e. The van der Waals surface area contributed by atoms with Crippen LogP contribution in [0.1, 0.15) is 25.7 Å². The van der Waals surface area contributed by atoms with Gasteiger partial charge in [-0.25, -0.2) is 4.79 Å². The average Bonchev–Trinajstić information content (AvgIpc) is 2.95. The van der Waals surface area contributed by atoms with E-state index in [-0.39, 0.29) is 6.42 Å². The summed E-state index contributed by atoms with van der Waals surface area (Å²) in [6, 6.07) is -2.15. The lowest BCUT2D eigenvalue weighted by Crippen LogP contribution is -2.55. The summed E-state index contributed by atoms with van der Waals surface area (Å²) in [5.74, 6) is -4.12. The van der Waals surface area contributed by atoms with Crippen molar-refractivity contribution >= 4 is 23.8 Å². The molecule has 2 unspecified atom stereocenters. The lowest BCUT2D eigenvalue weighted by atomic mass is 10.1. The van der Waals surface area contributed by atoms with Crippen LogP contribution in [-0.4, -0.2) is 64.0 Å². The molecule has 1 aliphatic heterocycles. The molecule has 9 nitrogen and oxygen atoms in total. The SMILES string of the molecule is NCC(=O)N(C(=O)C1CCCN1)C(CCC(=O)O)C(=O)O. The standard InChI is InChI=1S/C12H19N3O6/c13-6-9(16)15(11(19)7-2-1-5-14-7)8(12(20)21)3-4-10(17)18/h7-8,14H,1-6,13H2,(H,17,18)(H,20,21). The number of nitrogens with one attached hydrogen (secondary N) is 1. The van der Waals surface area contributed by atoms with E-state index >= 15 is 0 Å². The van der Waals surface area contributed by atoms with E-state index in [0.29, 0.717) is 17.9 Å². The van der Waals surface area contributed by atoms with Gasteiger partial charge in [-0.2, -0.15) is 0 Å². The molecular formula is C12H19N3O6. The van der Waals surface area contributed by atoms with E-state index in [1.54, 1.807) is 0 Å². The van der Waals surface area contributed by atoms with Gasteiger partial charge in [-0.05, 0) is 25.8 Å². The summed E-state index contributed by atoms with van der Waals surface area (Å²) in [5.41, 5.74) is 5.23. The molecule has 1 heterocycles. The van der Waals surface area contributed by atoms with Gasteiger partial charge in [0.15, 0.2) is 0 Å². The number of carboxylic acids is 2. The minimum absolute atomic E-state index is 0.352. The van der Waals surface area contributed by atoms with Crippen LogP contribution < -0.4 is 11.1 Å². The average molecular weight is 301 g/mol. The van der Waals surface area contributed by atoms with Crippen molar-refractivity contribution in [2.24, 2.45) is 5.73 Å². The molecule has 0 radical (unpaired) electrons. The number of carbonyl (C=O) groups is 4. The van der Waals surface area contributed by atoms with Crippen molar-refractivity contribution in [3.05, 3.63) is 0 Å². The summed E-state index contributed by atoms with van der Waals surface area (Å²) >= 11 is 0. The number of carboxylic acid groups (broad SMARTS) is 2. The number of imide groups is 1. The fourth-order valence-corrected chi connectivity index (χ4v) is 2.24. The highest BCUT2D eigenvalue weighted by Gasteiger charge is 2.38. The molecule has 2 atom stereocenters. The van der Waals surface area contributed by atoms with Gasteiger partial charge in [-0.3, -0.25) is 19.3 Å². The van der Waals surface area contributed by atoms with Gasteiger partial charge in [-0.15, -0.1) is 0 Å². The summed E-state index contributed by atoms with van der Waals surface area (Å²) < 4.78 is 0. The number of rotatable bonds is 7. The van der Waals surface area contributed by atoms with Crippen LogP contribution >= 0.6 is 0 Å². The lowest BCUT2D eigenvalue weighted by molar-refractivity contribution is -0.159. The predicted molar refractivity (Wildman–Crippen MR) is 70.2 cm³/mol. The van der Waals surface area contributed by atoms with Gasteiger partial charge in [0.2, 0.25) is 11.8 Å². The first-order valence-electron chi connectivity index (χ1n) is 6.62. The maximum Gasteiger partial charge on any atom is 0.326 e. The first-order valence-corrected chi connectivity index (χ1v) is 6.62. The molecule has 1 aliphatic rings. The number of nitrogens with zero attached hydrogens (tertiary/aromatic N) is 1. The van der Waals surface area contributed by atoms with E-state index in [0.717, 1.165) is 6.42 Å². The number of hydrogen-bond donors (Lipinski definition) is 4. The van der Waals surface area contributed by atoms with Crippen LogP contribution in [0.25, 0.3) is 0 Å². The number of amides is 2. The highest BCUT2D eigenvalue weighted by Crippen LogP contribution is 2.15. The second-order valence-electron chi connectivity index (χ2n) is 4.74. The molecule has 0 aliphatic carbocycles. The molecule has 2 amide bonds. The van der Waals surface area contributed by atoms with Gasteiger partial charge >= 0.3 is 11.9 Å². The van der Waals surface area contributed by atoms with Crippen molar-refractivity contribution in [3.63, 3.8) is 0 Å². The van der Waals surface area contributed by atoms with E-state index in [1.807, 2.05) is 0 Å². The molecule has 0 bridgehead atoms. The minimum atomic E-state index is -1.52. The van der Waals surface area contributed by atoms with Gasteiger partial charge in [0, 0.05) is 6.42 Å². The highest BCUT2D eigenvalue weighted by molar-refractivity contribution is 6.02. The Morgan fingerprint density at radius 1 is 1.29 bits per heavy atom. The summed E-state index contributed by atoms with van der Waals surface area (Å²) in [5, 5.41) is 20.7. The highest BCUT2D eigenvalue weighted by atomic mass is 16.4. The van der Waals surface area contributed by atoms with E-state index in [4.69, 9.17) is 10.8 Å². The maximum absolute atomic E-state index is 12.3. The Hall–Kier alpha value is -2.00. The van der Waals surface area contributed by atoms with Crippen molar-refractivity contribution in [1.29, 1.82) is 0 Å². The first kappa shape index (κ1) is 17.1. The van der Waals surface area contributed by atoms with Crippen molar-refractivity contribution in [3.8, 4) is 0 Å². The zero-order chi connectivity index (χ0) is 16.0. The number of nitrogens with two attached hydrogens (primary N) is 1. The Kier molecular flexibility index (Phi) is 6.25. The van der Waals surface area contributed by atoms with Crippen LogP contribution in [0.3, 0.4) is 0 Å². The fourth-order valence-electron chi connectivity index (χ4n) is 2.24. The first-order chi connectivity index (χ1) is 9.88. The Morgan fingerprint density at radius 3 is 2.38 bits per heavy atom. The molecule has 0 aromatic carbocycles. The van der Waals surface area contributed by atoms with Gasteiger partial charge in [0.05, 0.1) is 12.6 Å². The van der Waals surface area contributed by atoms with Crippen molar-refractivity contribution in [2.45, 2.75) is 37.8 Å². The Balaban J connectivity index is 2.95. The Morgan fingerprint density at radius 2 is 1.95 bits per heavy atom. The molecule has 9 heteroatoms. The Bertz CT molecular complexity index is 433. The zero-order valence-electron chi connectivity index (χ0n) is 11.4. The molecule has 1 saturated heterocycles. The number of hydrogen-bond acceptors (Lipinski definition) is 6. The molecule has 0 aromatic rings. The van der Waals surface area contributed by atoms with Crippen LogP contribution in [0.4, 0.5) is 0 Å². The van der Waals surface area contributed by atoms with E-state index < -0.39 is 48.8 Å². The van der Waals surface area contributed by atoms with Crippen LogP contribution in [0.5, 0.6) is 0 Å². The maximum atomic E-state index is 12.3. The van der Waals surface area contributed by atoms with Gasteiger partial charge in [0.1, 0.15) is 6.04 Å². The second-order valence-corrected chi connectivity index (χ2v) is 4.74. The zero-order valence-corrected chi connectivity index (χ0v) is 11.4. The largest absolute Gasteiger partial charge is 0.481 e. The number of carbonyl (C=O) groups excluding carboxylic acids is 2. The number of aliphatic carboxylic acids is 2. The molecule has 0 spiro atoms. The quantitative estimate of drug-likeness (QED) is 0.437. The van der Waals surface area contributed by atoms with Crippen molar-refractivity contribution < 1.29 is 29.4 Å². The van der Waals surface area contributed by atoms with E-state index in [9.17, 15) is 24.3 Å². The Labute approximate surface area is 121 Å².